The van der Waals surface area contributed by atoms with Gasteiger partial charge in [0, 0.05) is 27.3 Å². The Labute approximate surface area is 250 Å². The van der Waals surface area contributed by atoms with Crippen molar-refractivity contribution in [2.75, 3.05) is 0 Å². The van der Waals surface area contributed by atoms with Crippen molar-refractivity contribution >= 4 is 32.8 Å². The number of rotatable bonds is 4. The first-order valence-electron chi connectivity index (χ1n) is 14.6. The summed E-state index contributed by atoms with van der Waals surface area (Å²) in [6, 6.07) is 46.5. The molecule has 6 aromatic carbocycles. The summed E-state index contributed by atoms with van der Waals surface area (Å²) < 4.78 is 6.38. The molecule has 204 valence electrons. The first-order chi connectivity index (χ1) is 21.1. The SMILES string of the molecule is Cc1ccccc1-c1cc(-c2ccc3oc4cccc(-c5nc(-c6ccccc6)c6ccccc6n5)c4c3c2)ccc1C. The van der Waals surface area contributed by atoms with Gasteiger partial charge in [-0.05, 0) is 77.6 Å². The maximum atomic E-state index is 6.38. The normalized spacial score (nSPS) is 11.5. The number of fused-ring (bicyclic) bond motifs is 4. The van der Waals surface area contributed by atoms with Crippen molar-refractivity contribution in [3.8, 4) is 44.9 Å². The number of hydrogen-bond donors (Lipinski definition) is 0. The fourth-order valence-corrected chi connectivity index (χ4v) is 6.17. The molecule has 8 rings (SSSR count). The molecule has 43 heavy (non-hydrogen) atoms. The van der Waals surface area contributed by atoms with Gasteiger partial charge in [0.1, 0.15) is 11.2 Å². The van der Waals surface area contributed by atoms with Crippen molar-refractivity contribution in [2.45, 2.75) is 13.8 Å². The Morgan fingerprint density at radius 2 is 1.19 bits per heavy atom. The number of aryl methyl sites for hydroxylation is 2. The van der Waals surface area contributed by atoms with Crippen LogP contribution >= 0.6 is 0 Å². The molecule has 3 heteroatoms. The minimum absolute atomic E-state index is 0.688. The maximum absolute atomic E-state index is 6.38. The summed E-state index contributed by atoms with van der Waals surface area (Å²) in [6.45, 7) is 4.35. The third kappa shape index (κ3) is 4.29. The van der Waals surface area contributed by atoms with Crippen LogP contribution in [0.3, 0.4) is 0 Å². The van der Waals surface area contributed by atoms with Crippen LogP contribution in [-0.4, -0.2) is 9.97 Å². The van der Waals surface area contributed by atoms with Crippen LogP contribution in [0.5, 0.6) is 0 Å². The van der Waals surface area contributed by atoms with Gasteiger partial charge in [0.2, 0.25) is 0 Å². The summed E-state index contributed by atoms with van der Waals surface area (Å²) in [5.41, 5.74) is 12.9. The molecule has 0 N–H and O–H groups in total. The van der Waals surface area contributed by atoms with E-state index in [0.29, 0.717) is 5.82 Å². The minimum atomic E-state index is 0.688. The van der Waals surface area contributed by atoms with Crippen LogP contribution in [0.4, 0.5) is 0 Å². The maximum Gasteiger partial charge on any atom is 0.161 e. The van der Waals surface area contributed by atoms with Crippen molar-refractivity contribution in [3.63, 3.8) is 0 Å². The van der Waals surface area contributed by atoms with Crippen LogP contribution in [0.1, 0.15) is 11.1 Å². The molecule has 0 radical (unpaired) electrons. The molecule has 8 aromatic rings. The second kappa shape index (κ2) is 10.1. The third-order valence-corrected chi connectivity index (χ3v) is 8.39. The molecule has 0 saturated carbocycles. The zero-order valence-corrected chi connectivity index (χ0v) is 24.0. The fraction of sp³-hybridized carbons (Fsp3) is 0.0500. The second-order valence-corrected chi connectivity index (χ2v) is 11.1. The van der Waals surface area contributed by atoms with Crippen molar-refractivity contribution in [2.24, 2.45) is 0 Å². The van der Waals surface area contributed by atoms with E-state index in [4.69, 9.17) is 14.4 Å². The van der Waals surface area contributed by atoms with E-state index in [1.54, 1.807) is 0 Å². The summed E-state index contributed by atoms with van der Waals surface area (Å²) >= 11 is 0. The summed E-state index contributed by atoms with van der Waals surface area (Å²) in [6.07, 6.45) is 0. The van der Waals surface area contributed by atoms with Crippen LogP contribution in [0, 0.1) is 13.8 Å². The molecule has 3 nitrogen and oxygen atoms in total. The quantitative estimate of drug-likeness (QED) is 0.218. The lowest BCUT2D eigenvalue weighted by Gasteiger charge is -2.12. The predicted molar refractivity (Wildman–Crippen MR) is 178 cm³/mol. The molecule has 0 amide bonds. The summed E-state index contributed by atoms with van der Waals surface area (Å²) in [5, 5.41) is 3.12. The van der Waals surface area contributed by atoms with Gasteiger partial charge in [0.05, 0.1) is 11.2 Å². The number of hydrogen-bond acceptors (Lipinski definition) is 3. The molecule has 0 fully saturated rings. The van der Waals surface area contributed by atoms with E-state index in [1.165, 1.54) is 27.8 Å². The Morgan fingerprint density at radius 1 is 0.465 bits per heavy atom. The smallest absolute Gasteiger partial charge is 0.161 e. The number of aromatic nitrogens is 2. The first-order valence-corrected chi connectivity index (χ1v) is 14.6. The van der Waals surface area contributed by atoms with E-state index in [-0.39, 0.29) is 0 Å². The van der Waals surface area contributed by atoms with Gasteiger partial charge in [-0.1, -0.05) is 103 Å². The van der Waals surface area contributed by atoms with Gasteiger partial charge in [-0.3, -0.25) is 0 Å². The Bertz CT molecular complexity index is 2310. The van der Waals surface area contributed by atoms with Gasteiger partial charge < -0.3 is 4.42 Å². The molecular formula is C40H28N2O. The average molecular weight is 553 g/mol. The van der Waals surface area contributed by atoms with Crippen molar-refractivity contribution in [1.29, 1.82) is 0 Å². The molecule has 0 bridgehead atoms. The van der Waals surface area contributed by atoms with Gasteiger partial charge in [-0.15, -0.1) is 0 Å². The lowest BCUT2D eigenvalue weighted by atomic mass is 9.92. The lowest BCUT2D eigenvalue weighted by Crippen LogP contribution is -1.95. The molecule has 0 spiro atoms. The molecule has 0 aliphatic carbocycles. The van der Waals surface area contributed by atoms with E-state index >= 15 is 0 Å². The number of nitrogens with zero attached hydrogens (tertiary/aromatic N) is 2. The largest absolute Gasteiger partial charge is 0.456 e. The van der Waals surface area contributed by atoms with Gasteiger partial charge in [-0.2, -0.15) is 0 Å². The third-order valence-electron chi connectivity index (χ3n) is 8.39. The average Bonchev–Trinajstić information content (AvgIpc) is 3.43. The molecule has 2 heterocycles. The van der Waals surface area contributed by atoms with Gasteiger partial charge >= 0.3 is 0 Å². The van der Waals surface area contributed by atoms with Crippen LogP contribution in [0.15, 0.2) is 138 Å². The van der Waals surface area contributed by atoms with E-state index in [9.17, 15) is 0 Å². The summed E-state index contributed by atoms with van der Waals surface area (Å²) in [7, 11) is 0. The number of furan rings is 1. The molecule has 0 atom stereocenters. The Balaban J connectivity index is 1.33. The highest BCUT2D eigenvalue weighted by Crippen LogP contribution is 2.39. The van der Waals surface area contributed by atoms with E-state index in [1.807, 2.05) is 42.5 Å². The summed E-state index contributed by atoms with van der Waals surface area (Å²) in [5.74, 6) is 0.688. The highest BCUT2D eigenvalue weighted by molar-refractivity contribution is 6.13. The summed E-state index contributed by atoms with van der Waals surface area (Å²) in [4.78, 5) is 10.2. The van der Waals surface area contributed by atoms with Crippen LogP contribution in [0.2, 0.25) is 0 Å². The number of para-hydroxylation sites is 1. The van der Waals surface area contributed by atoms with Crippen molar-refractivity contribution in [1.82, 2.24) is 9.97 Å². The highest BCUT2D eigenvalue weighted by Gasteiger charge is 2.18. The van der Waals surface area contributed by atoms with Crippen LogP contribution in [-0.2, 0) is 0 Å². The lowest BCUT2D eigenvalue weighted by molar-refractivity contribution is 0.669. The monoisotopic (exact) mass is 552 g/mol. The second-order valence-electron chi connectivity index (χ2n) is 11.1. The van der Waals surface area contributed by atoms with Gasteiger partial charge in [0.25, 0.3) is 0 Å². The molecule has 0 aliphatic heterocycles. The van der Waals surface area contributed by atoms with Gasteiger partial charge in [-0.25, -0.2) is 9.97 Å². The van der Waals surface area contributed by atoms with E-state index in [0.717, 1.165) is 55.2 Å². The topological polar surface area (TPSA) is 38.9 Å². The fourth-order valence-electron chi connectivity index (χ4n) is 6.17. The van der Waals surface area contributed by atoms with Crippen molar-refractivity contribution < 1.29 is 4.42 Å². The van der Waals surface area contributed by atoms with E-state index < -0.39 is 0 Å². The van der Waals surface area contributed by atoms with E-state index in [2.05, 4.69) is 105 Å². The zero-order valence-electron chi connectivity index (χ0n) is 24.0. The highest BCUT2D eigenvalue weighted by atomic mass is 16.3. The van der Waals surface area contributed by atoms with Gasteiger partial charge in [0.15, 0.2) is 5.82 Å². The minimum Gasteiger partial charge on any atom is -0.456 e. The standard InChI is InChI=1S/C40H28N2O/c1-25-11-6-7-14-30(25)33-23-28(20-19-26(33)2)29-21-22-36-34(24-29)38-32(16-10-18-37(38)43-36)40-41-35-17-9-8-15-31(35)39(42-40)27-12-4-3-5-13-27/h3-24H,1-2H3. The molecule has 2 aromatic heterocycles. The predicted octanol–water partition coefficient (Wildman–Crippen LogP) is 10.8. The van der Waals surface area contributed by atoms with Crippen LogP contribution in [0.25, 0.3) is 77.7 Å². The van der Waals surface area contributed by atoms with Crippen LogP contribution < -0.4 is 0 Å². The molecule has 0 aliphatic rings. The molecule has 0 saturated heterocycles. The van der Waals surface area contributed by atoms with Crippen molar-refractivity contribution in [3.05, 3.63) is 145 Å². The Morgan fingerprint density at radius 3 is 2.07 bits per heavy atom. The zero-order chi connectivity index (χ0) is 28.9. The molecular weight excluding hydrogens is 524 g/mol. The Hall–Kier alpha value is -5.54. The number of benzene rings is 6. The first kappa shape index (κ1) is 25.2. The Kier molecular flexibility index (Phi) is 5.90. The molecule has 0 unspecified atom stereocenters.